The van der Waals surface area contributed by atoms with Gasteiger partial charge in [0.25, 0.3) is 0 Å². The van der Waals surface area contributed by atoms with Gasteiger partial charge in [0.15, 0.2) is 17.5 Å². The maximum Gasteiger partial charge on any atom is 0.241 e. The first-order chi connectivity index (χ1) is 14.5. The molecule has 1 heterocycles. The van der Waals surface area contributed by atoms with Crippen molar-refractivity contribution in [3.05, 3.63) is 17.7 Å². The number of nitrogens with zero attached hydrogens (tertiary/aromatic N) is 2. The first-order valence-electron chi connectivity index (χ1n) is 10.1. The van der Waals surface area contributed by atoms with Crippen LogP contribution in [0.2, 0.25) is 0 Å². The second-order valence-electron chi connectivity index (χ2n) is 7.21. The second-order valence-corrected chi connectivity index (χ2v) is 7.21. The number of ether oxygens (including phenoxy) is 4. The van der Waals surface area contributed by atoms with Crippen LogP contribution < -0.4 is 24.8 Å². The fourth-order valence-electron chi connectivity index (χ4n) is 3.07. The molecule has 1 amide bonds. The molecule has 1 aliphatic heterocycles. The van der Waals surface area contributed by atoms with Gasteiger partial charge < -0.3 is 34.5 Å². The second kappa shape index (κ2) is 12.1. The zero-order valence-corrected chi connectivity index (χ0v) is 18.6. The van der Waals surface area contributed by atoms with Crippen LogP contribution in [0, 0.1) is 0 Å². The van der Waals surface area contributed by atoms with E-state index in [4.69, 9.17) is 18.9 Å². The SMILES string of the molecule is COc1cc(CN=C(NCC(=O)N(C)C)NCC2CCCCO2)cc(OC)c1OC. The van der Waals surface area contributed by atoms with E-state index in [-0.39, 0.29) is 18.6 Å². The number of hydrogen-bond donors (Lipinski definition) is 2. The molecule has 1 aromatic rings. The number of carbonyl (C=O) groups excluding carboxylic acids is 1. The number of aliphatic imine (C=N–C) groups is 1. The standard InChI is InChI=1S/C21H34N4O5/c1-25(2)19(26)14-24-21(23-13-16-8-6-7-9-30-16)22-12-15-10-17(27-3)20(29-5)18(11-15)28-4/h10-11,16H,6-9,12-14H2,1-5H3,(H2,22,23,24). The number of nitrogens with one attached hydrogen (secondary N) is 2. The molecular formula is C21H34N4O5. The van der Waals surface area contributed by atoms with Gasteiger partial charge in [-0.3, -0.25) is 4.79 Å². The lowest BCUT2D eigenvalue weighted by atomic mass is 10.1. The van der Waals surface area contributed by atoms with E-state index in [1.54, 1.807) is 35.4 Å². The minimum Gasteiger partial charge on any atom is -0.493 e. The molecule has 9 heteroatoms. The molecule has 0 spiro atoms. The van der Waals surface area contributed by atoms with Crippen LogP contribution in [-0.2, 0) is 16.1 Å². The monoisotopic (exact) mass is 422 g/mol. The molecule has 0 aromatic heterocycles. The molecule has 1 aromatic carbocycles. The van der Waals surface area contributed by atoms with Crippen LogP contribution in [0.5, 0.6) is 17.2 Å². The lowest BCUT2D eigenvalue weighted by Crippen LogP contribution is -2.45. The van der Waals surface area contributed by atoms with E-state index in [1.807, 2.05) is 12.1 Å². The van der Waals surface area contributed by atoms with Crippen molar-refractivity contribution in [3.63, 3.8) is 0 Å². The molecule has 1 fully saturated rings. The molecule has 0 bridgehead atoms. The van der Waals surface area contributed by atoms with Crippen molar-refractivity contribution in [3.8, 4) is 17.2 Å². The summed E-state index contributed by atoms with van der Waals surface area (Å²) in [5, 5.41) is 6.39. The van der Waals surface area contributed by atoms with Crippen LogP contribution in [0.1, 0.15) is 24.8 Å². The van der Waals surface area contributed by atoms with E-state index in [1.165, 1.54) is 4.90 Å². The molecule has 2 rings (SSSR count). The number of amides is 1. The molecule has 168 valence electrons. The van der Waals surface area contributed by atoms with Crippen LogP contribution in [0.25, 0.3) is 0 Å². The number of benzene rings is 1. The summed E-state index contributed by atoms with van der Waals surface area (Å²) in [5.74, 6) is 2.19. The quantitative estimate of drug-likeness (QED) is 0.459. The Morgan fingerprint density at radius 2 is 1.83 bits per heavy atom. The lowest BCUT2D eigenvalue weighted by molar-refractivity contribution is -0.127. The summed E-state index contributed by atoms with van der Waals surface area (Å²) in [6, 6.07) is 3.72. The third kappa shape index (κ3) is 6.98. The molecule has 0 aliphatic carbocycles. The Morgan fingerprint density at radius 3 is 2.37 bits per heavy atom. The highest BCUT2D eigenvalue weighted by molar-refractivity contribution is 5.86. The normalized spacial score (nSPS) is 16.6. The van der Waals surface area contributed by atoms with E-state index < -0.39 is 0 Å². The zero-order valence-electron chi connectivity index (χ0n) is 18.6. The molecule has 1 atom stereocenters. The average Bonchev–Trinajstić information content (AvgIpc) is 2.77. The summed E-state index contributed by atoms with van der Waals surface area (Å²) in [6.45, 7) is 1.95. The van der Waals surface area contributed by atoms with E-state index in [0.29, 0.717) is 36.3 Å². The predicted octanol–water partition coefficient (Wildman–Crippen LogP) is 1.40. The van der Waals surface area contributed by atoms with Gasteiger partial charge in [0.05, 0.1) is 40.5 Å². The van der Waals surface area contributed by atoms with Crippen LogP contribution in [0.4, 0.5) is 0 Å². The maximum atomic E-state index is 12.0. The summed E-state index contributed by atoms with van der Waals surface area (Å²) in [4.78, 5) is 18.1. The number of carbonyl (C=O) groups is 1. The fourth-order valence-corrected chi connectivity index (χ4v) is 3.07. The molecule has 0 radical (unpaired) electrons. The number of hydrogen-bond acceptors (Lipinski definition) is 6. The van der Waals surface area contributed by atoms with E-state index in [0.717, 1.165) is 31.4 Å². The van der Waals surface area contributed by atoms with Crippen molar-refractivity contribution < 1.29 is 23.7 Å². The molecule has 9 nitrogen and oxygen atoms in total. The summed E-state index contributed by atoms with van der Waals surface area (Å²) in [5.41, 5.74) is 0.887. The van der Waals surface area contributed by atoms with Crippen LogP contribution in [0.3, 0.4) is 0 Å². The Bertz CT molecular complexity index is 692. The number of likely N-dealkylation sites (N-methyl/N-ethyl adjacent to an activating group) is 1. The topological polar surface area (TPSA) is 93.7 Å². The number of guanidine groups is 1. The first-order valence-corrected chi connectivity index (χ1v) is 10.1. The third-order valence-electron chi connectivity index (χ3n) is 4.82. The Balaban J connectivity index is 2.12. The van der Waals surface area contributed by atoms with Gasteiger partial charge in [0.1, 0.15) is 0 Å². The average molecular weight is 423 g/mol. The largest absolute Gasteiger partial charge is 0.493 e. The van der Waals surface area contributed by atoms with Gasteiger partial charge in [-0.05, 0) is 37.0 Å². The highest BCUT2D eigenvalue weighted by Gasteiger charge is 2.16. The van der Waals surface area contributed by atoms with Gasteiger partial charge in [-0.2, -0.15) is 0 Å². The molecule has 0 saturated carbocycles. The zero-order chi connectivity index (χ0) is 21.9. The smallest absolute Gasteiger partial charge is 0.241 e. The third-order valence-corrected chi connectivity index (χ3v) is 4.82. The molecule has 1 unspecified atom stereocenters. The molecule has 1 aliphatic rings. The minimum absolute atomic E-state index is 0.0359. The summed E-state index contributed by atoms with van der Waals surface area (Å²) < 4.78 is 22.0. The predicted molar refractivity (Wildman–Crippen MR) is 116 cm³/mol. The minimum atomic E-state index is -0.0359. The van der Waals surface area contributed by atoms with Crippen LogP contribution in [0.15, 0.2) is 17.1 Å². The van der Waals surface area contributed by atoms with Gasteiger partial charge >= 0.3 is 0 Å². The van der Waals surface area contributed by atoms with Crippen molar-refractivity contribution >= 4 is 11.9 Å². The van der Waals surface area contributed by atoms with Crippen molar-refractivity contribution in [2.24, 2.45) is 4.99 Å². The number of methoxy groups -OCH3 is 3. The highest BCUT2D eigenvalue weighted by atomic mass is 16.5. The molecular weight excluding hydrogens is 388 g/mol. The Hall–Kier alpha value is -2.68. The van der Waals surface area contributed by atoms with Crippen molar-refractivity contribution in [2.45, 2.75) is 31.9 Å². The van der Waals surface area contributed by atoms with Gasteiger partial charge in [-0.1, -0.05) is 0 Å². The molecule has 1 saturated heterocycles. The van der Waals surface area contributed by atoms with Crippen molar-refractivity contribution in [1.82, 2.24) is 15.5 Å². The first kappa shape index (κ1) is 23.6. The summed E-state index contributed by atoms with van der Waals surface area (Å²) in [6.07, 6.45) is 3.44. The van der Waals surface area contributed by atoms with Crippen LogP contribution in [-0.4, -0.2) is 78.0 Å². The van der Waals surface area contributed by atoms with E-state index >= 15 is 0 Å². The molecule has 30 heavy (non-hydrogen) atoms. The summed E-state index contributed by atoms with van der Waals surface area (Å²) >= 11 is 0. The maximum absolute atomic E-state index is 12.0. The van der Waals surface area contributed by atoms with Gasteiger partial charge in [0.2, 0.25) is 11.7 Å². The Kier molecular flexibility index (Phi) is 9.53. The van der Waals surface area contributed by atoms with Gasteiger partial charge in [0, 0.05) is 27.2 Å². The van der Waals surface area contributed by atoms with E-state index in [9.17, 15) is 4.79 Å². The van der Waals surface area contributed by atoms with Crippen molar-refractivity contribution in [2.75, 3.05) is 55.1 Å². The number of rotatable bonds is 9. The van der Waals surface area contributed by atoms with Gasteiger partial charge in [-0.25, -0.2) is 4.99 Å². The van der Waals surface area contributed by atoms with Crippen LogP contribution >= 0.6 is 0 Å². The Labute approximate surface area is 178 Å². The molecule has 2 N–H and O–H groups in total. The van der Waals surface area contributed by atoms with Gasteiger partial charge in [-0.15, -0.1) is 0 Å². The fraction of sp³-hybridized carbons (Fsp3) is 0.619. The van der Waals surface area contributed by atoms with E-state index in [2.05, 4.69) is 15.6 Å². The Morgan fingerprint density at radius 1 is 1.13 bits per heavy atom. The van der Waals surface area contributed by atoms with Crippen molar-refractivity contribution in [1.29, 1.82) is 0 Å². The highest BCUT2D eigenvalue weighted by Crippen LogP contribution is 2.38. The lowest BCUT2D eigenvalue weighted by Gasteiger charge is -2.24. The summed E-state index contributed by atoms with van der Waals surface area (Å²) in [7, 11) is 8.17.